The van der Waals surface area contributed by atoms with Crippen LogP contribution in [0.3, 0.4) is 0 Å². The molecular weight excluding hydrogens is 356 g/mol. The third kappa shape index (κ3) is 3.16. The molecule has 3 aromatic heterocycles. The Kier molecular flexibility index (Phi) is 4.44. The number of carbonyl (C=O) groups excluding carboxylic acids is 1. The predicted octanol–water partition coefficient (Wildman–Crippen LogP) is 4.17. The maximum Gasteiger partial charge on any atom is 0.227 e. The minimum atomic E-state index is 0.236. The molecule has 1 saturated heterocycles. The number of hydrogen-bond acceptors (Lipinski definition) is 4. The molecule has 0 bridgehead atoms. The van der Waals surface area contributed by atoms with Crippen molar-refractivity contribution in [2.45, 2.75) is 50.5 Å². The first-order valence-electron chi connectivity index (χ1n) is 9.92. The summed E-state index contributed by atoms with van der Waals surface area (Å²) in [5.74, 6) is 1.97. The average molecular weight is 381 g/mol. The summed E-state index contributed by atoms with van der Waals surface area (Å²) in [6.45, 7) is 1.59. The van der Waals surface area contributed by atoms with Gasteiger partial charge in [-0.25, -0.2) is 9.97 Å². The Morgan fingerprint density at radius 2 is 2.07 bits per heavy atom. The zero-order chi connectivity index (χ0) is 18.2. The van der Waals surface area contributed by atoms with Crippen LogP contribution in [-0.4, -0.2) is 38.4 Å². The Bertz CT molecular complexity index is 942. The van der Waals surface area contributed by atoms with Gasteiger partial charge in [-0.2, -0.15) is 0 Å². The highest BCUT2D eigenvalue weighted by Gasteiger charge is 2.33. The maximum atomic E-state index is 12.7. The van der Waals surface area contributed by atoms with Crippen LogP contribution in [0.1, 0.15) is 54.8 Å². The molecule has 2 aliphatic rings. The number of thiophene rings is 1. The second-order valence-corrected chi connectivity index (χ2v) is 8.74. The molecule has 0 radical (unpaired) electrons. The smallest absolute Gasteiger partial charge is 0.227 e. The van der Waals surface area contributed by atoms with E-state index >= 15 is 0 Å². The largest absolute Gasteiger partial charge is 0.340 e. The number of likely N-dealkylation sites (tertiary alicyclic amines) is 1. The van der Waals surface area contributed by atoms with Gasteiger partial charge in [0.1, 0.15) is 11.3 Å². The number of carbonyl (C=O) groups is 1. The second-order valence-electron chi connectivity index (χ2n) is 7.71. The van der Waals surface area contributed by atoms with Gasteiger partial charge in [-0.15, -0.1) is 11.3 Å². The molecule has 1 aliphatic heterocycles. The van der Waals surface area contributed by atoms with Crippen molar-refractivity contribution in [2.75, 3.05) is 13.1 Å². The summed E-state index contributed by atoms with van der Waals surface area (Å²) < 4.78 is 2.36. The molecule has 1 aliphatic carbocycles. The van der Waals surface area contributed by atoms with Crippen LogP contribution in [0.2, 0.25) is 0 Å². The summed E-state index contributed by atoms with van der Waals surface area (Å²) in [7, 11) is 0. The molecule has 140 valence electrons. The number of pyridine rings is 1. The number of nitrogens with zero attached hydrogens (tertiary/aromatic N) is 4. The van der Waals surface area contributed by atoms with Gasteiger partial charge in [-0.05, 0) is 42.8 Å². The van der Waals surface area contributed by atoms with Crippen LogP contribution in [0, 0.1) is 0 Å². The van der Waals surface area contributed by atoms with Gasteiger partial charge < -0.3 is 9.47 Å². The first kappa shape index (κ1) is 16.9. The van der Waals surface area contributed by atoms with E-state index in [2.05, 4.69) is 15.6 Å². The molecule has 2 fully saturated rings. The van der Waals surface area contributed by atoms with E-state index in [4.69, 9.17) is 4.98 Å². The maximum absolute atomic E-state index is 12.7. The van der Waals surface area contributed by atoms with Crippen molar-refractivity contribution in [3.05, 3.63) is 46.5 Å². The van der Waals surface area contributed by atoms with Crippen molar-refractivity contribution in [2.24, 2.45) is 0 Å². The first-order chi connectivity index (χ1) is 13.3. The lowest BCUT2D eigenvalue weighted by molar-refractivity contribution is -0.129. The average Bonchev–Trinajstić information content (AvgIpc) is 3.46. The van der Waals surface area contributed by atoms with Crippen molar-refractivity contribution in [1.29, 1.82) is 0 Å². The Morgan fingerprint density at radius 1 is 1.19 bits per heavy atom. The number of hydrogen-bond donors (Lipinski definition) is 0. The summed E-state index contributed by atoms with van der Waals surface area (Å²) in [6, 6.07) is 8.36. The highest BCUT2D eigenvalue weighted by molar-refractivity contribution is 7.10. The second kappa shape index (κ2) is 7.08. The van der Waals surface area contributed by atoms with E-state index in [0.717, 1.165) is 35.6 Å². The zero-order valence-electron chi connectivity index (χ0n) is 15.4. The molecule has 0 aromatic carbocycles. The lowest BCUT2D eigenvalue weighted by Crippen LogP contribution is -2.30. The van der Waals surface area contributed by atoms with Gasteiger partial charge in [-0.3, -0.25) is 4.79 Å². The molecule has 1 amide bonds. The topological polar surface area (TPSA) is 51.0 Å². The zero-order valence-corrected chi connectivity index (χ0v) is 16.2. The molecule has 6 heteroatoms. The number of fused-ring (bicyclic) bond motifs is 1. The van der Waals surface area contributed by atoms with E-state index < -0.39 is 0 Å². The van der Waals surface area contributed by atoms with E-state index in [0.29, 0.717) is 12.3 Å². The third-order valence-electron chi connectivity index (χ3n) is 5.98. The van der Waals surface area contributed by atoms with Crippen molar-refractivity contribution >= 4 is 28.4 Å². The van der Waals surface area contributed by atoms with Crippen molar-refractivity contribution in [1.82, 2.24) is 19.4 Å². The quantitative estimate of drug-likeness (QED) is 0.683. The molecule has 1 atom stereocenters. The fourth-order valence-electron chi connectivity index (χ4n) is 4.63. The molecule has 0 spiro atoms. The highest BCUT2D eigenvalue weighted by atomic mass is 32.1. The number of rotatable bonds is 4. The third-order valence-corrected chi connectivity index (χ3v) is 6.86. The van der Waals surface area contributed by atoms with Gasteiger partial charge in [0.2, 0.25) is 5.91 Å². The Morgan fingerprint density at radius 3 is 2.89 bits per heavy atom. The summed E-state index contributed by atoms with van der Waals surface area (Å²) >= 11 is 1.66. The molecule has 0 unspecified atom stereocenters. The molecular formula is C21H24N4OS. The number of imidazole rings is 1. The van der Waals surface area contributed by atoms with Gasteiger partial charge in [0.05, 0.1) is 12.5 Å². The van der Waals surface area contributed by atoms with Gasteiger partial charge >= 0.3 is 0 Å². The van der Waals surface area contributed by atoms with Crippen LogP contribution in [0.15, 0.2) is 35.8 Å². The predicted molar refractivity (Wildman–Crippen MR) is 107 cm³/mol. The highest BCUT2D eigenvalue weighted by Crippen LogP contribution is 2.38. The summed E-state index contributed by atoms with van der Waals surface area (Å²) in [4.78, 5) is 25.5. The van der Waals surface area contributed by atoms with E-state index in [-0.39, 0.29) is 11.9 Å². The van der Waals surface area contributed by atoms with Crippen molar-refractivity contribution in [3.63, 3.8) is 0 Å². The fourth-order valence-corrected chi connectivity index (χ4v) is 5.33. The van der Waals surface area contributed by atoms with E-state index in [1.165, 1.54) is 31.5 Å². The molecule has 27 heavy (non-hydrogen) atoms. The van der Waals surface area contributed by atoms with E-state index in [9.17, 15) is 4.79 Å². The summed E-state index contributed by atoms with van der Waals surface area (Å²) in [6.07, 6.45) is 8.37. The van der Waals surface area contributed by atoms with Gasteiger partial charge in [0.25, 0.3) is 0 Å². The lowest BCUT2D eigenvalue weighted by Gasteiger charge is -2.20. The molecule has 1 saturated carbocycles. The Balaban J connectivity index is 1.42. The SMILES string of the molecule is O=C(Cc1cccs1)N1CC[C@@H](n2c(C3CCCC3)nc3cccnc32)C1. The summed E-state index contributed by atoms with van der Waals surface area (Å²) in [5.41, 5.74) is 1.97. The van der Waals surface area contributed by atoms with Crippen LogP contribution >= 0.6 is 11.3 Å². The number of amides is 1. The number of aromatic nitrogens is 3. The van der Waals surface area contributed by atoms with Gasteiger partial charge in [0.15, 0.2) is 5.65 Å². The minimum absolute atomic E-state index is 0.236. The van der Waals surface area contributed by atoms with Crippen LogP contribution in [0.5, 0.6) is 0 Å². The molecule has 0 N–H and O–H groups in total. The molecule has 3 aromatic rings. The lowest BCUT2D eigenvalue weighted by atomic mass is 10.1. The van der Waals surface area contributed by atoms with Crippen molar-refractivity contribution in [3.8, 4) is 0 Å². The van der Waals surface area contributed by atoms with Gasteiger partial charge in [-0.1, -0.05) is 18.9 Å². The van der Waals surface area contributed by atoms with Crippen LogP contribution in [0.4, 0.5) is 0 Å². The van der Waals surface area contributed by atoms with E-state index in [1.807, 2.05) is 34.7 Å². The van der Waals surface area contributed by atoms with Crippen LogP contribution < -0.4 is 0 Å². The Hall–Kier alpha value is -2.21. The van der Waals surface area contributed by atoms with Gasteiger partial charge in [0, 0.05) is 30.1 Å². The Labute approximate surface area is 163 Å². The minimum Gasteiger partial charge on any atom is -0.340 e. The summed E-state index contributed by atoms with van der Waals surface area (Å²) in [5, 5.41) is 2.03. The van der Waals surface area contributed by atoms with E-state index in [1.54, 1.807) is 11.3 Å². The fraction of sp³-hybridized carbons (Fsp3) is 0.476. The van der Waals surface area contributed by atoms with Crippen LogP contribution in [-0.2, 0) is 11.2 Å². The van der Waals surface area contributed by atoms with Crippen molar-refractivity contribution < 1.29 is 4.79 Å². The molecule has 5 rings (SSSR count). The molecule has 5 nitrogen and oxygen atoms in total. The van der Waals surface area contributed by atoms with Crippen LogP contribution in [0.25, 0.3) is 11.2 Å². The normalized spacial score (nSPS) is 20.7. The standard InChI is InChI=1S/C21H24N4OS/c26-19(13-17-7-4-12-27-17)24-11-9-16(14-24)25-20(15-5-1-2-6-15)23-18-8-3-10-22-21(18)25/h3-4,7-8,10,12,15-16H,1-2,5-6,9,11,13-14H2/t16-/m1/s1. The first-order valence-corrected chi connectivity index (χ1v) is 10.8. The monoisotopic (exact) mass is 380 g/mol. The molecule has 4 heterocycles.